The van der Waals surface area contributed by atoms with Gasteiger partial charge in [-0.15, -0.1) is 12.4 Å². The van der Waals surface area contributed by atoms with Crippen LogP contribution in [0, 0.1) is 5.92 Å². The summed E-state index contributed by atoms with van der Waals surface area (Å²) in [6.45, 7) is 2.03. The second kappa shape index (κ2) is 6.76. The lowest BCUT2D eigenvalue weighted by Crippen LogP contribution is -2.10. The Morgan fingerprint density at radius 2 is 2.05 bits per heavy atom. The zero-order valence-electron chi connectivity index (χ0n) is 12.2. The van der Waals surface area contributed by atoms with Gasteiger partial charge in [-0.3, -0.25) is 0 Å². The number of halogens is 1. The van der Waals surface area contributed by atoms with Crippen LogP contribution in [0.15, 0.2) is 33.7 Å². The predicted molar refractivity (Wildman–Crippen MR) is 84.8 cm³/mol. The Hall–Kier alpha value is -1.44. The minimum atomic E-state index is -3.18. The smallest absolute Gasteiger partial charge is 0.227 e. The van der Waals surface area contributed by atoms with Crippen LogP contribution in [0.4, 0.5) is 0 Å². The molecule has 2 aromatic rings. The molecule has 0 radical (unpaired) electrons. The molecule has 1 aromatic carbocycles. The van der Waals surface area contributed by atoms with Crippen molar-refractivity contribution in [2.45, 2.75) is 17.7 Å². The van der Waals surface area contributed by atoms with Crippen molar-refractivity contribution in [1.29, 1.82) is 0 Å². The Morgan fingerprint density at radius 1 is 1.32 bits per heavy atom. The van der Waals surface area contributed by atoms with E-state index >= 15 is 0 Å². The van der Waals surface area contributed by atoms with E-state index in [9.17, 15) is 8.42 Å². The summed E-state index contributed by atoms with van der Waals surface area (Å²) in [6, 6.07) is 6.51. The Bertz CT molecular complexity index is 722. The summed E-state index contributed by atoms with van der Waals surface area (Å²) in [5.74, 6) is 1.67. The van der Waals surface area contributed by atoms with Crippen LogP contribution in [-0.4, -0.2) is 37.9 Å². The highest BCUT2D eigenvalue weighted by molar-refractivity contribution is 7.90. The van der Waals surface area contributed by atoms with Crippen LogP contribution in [0.1, 0.15) is 12.3 Å². The van der Waals surface area contributed by atoms with Crippen LogP contribution in [0.2, 0.25) is 0 Å². The first-order chi connectivity index (χ1) is 10.0. The van der Waals surface area contributed by atoms with Gasteiger partial charge in [0.25, 0.3) is 0 Å². The highest BCUT2D eigenvalue weighted by atomic mass is 35.5. The maximum Gasteiger partial charge on any atom is 0.227 e. The van der Waals surface area contributed by atoms with Crippen molar-refractivity contribution in [3.8, 4) is 11.4 Å². The van der Waals surface area contributed by atoms with E-state index in [1.807, 2.05) is 0 Å². The number of hydrogen-bond donors (Lipinski definition) is 1. The number of benzene rings is 1. The van der Waals surface area contributed by atoms with Crippen LogP contribution >= 0.6 is 12.4 Å². The van der Waals surface area contributed by atoms with Gasteiger partial charge in [-0.1, -0.05) is 5.16 Å². The summed E-state index contributed by atoms with van der Waals surface area (Å²) in [4.78, 5) is 4.67. The number of nitrogens with zero attached hydrogens (tertiary/aromatic N) is 2. The Balaban J connectivity index is 0.00000176. The van der Waals surface area contributed by atoms with Gasteiger partial charge in [0.1, 0.15) is 0 Å². The lowest BCUT2D eigenvalue weighted by Gasteiger charge is -2.02. The number of rotatable bonds is 4. The molecule has 1 fully saturated rings. The largest absolute Gasteiger partial charge is 0.339 e. The minimum absolute atomic E-state index is 0. The lowest BCUT2D eigenvalue weighted by molar-refractivity contribution is 0.358. The summed E-state index contributed by atoms with van der Waals surface area (Å²) in [5, 5.41) is 7.27. The molecule has 1 unspecified atom stereocenters. The van der Waals surface area contributed by atoms with E-state index in [4.69, 9.17) is 4.52 Å². The van der Waals surface area contributed by atoms with Gasteiger partial charge in [-0.2, -0.15) is 4.98 Å². The van der Waals surface area contributed by atoms with Gasteiger partial charge in [0.2, 0.25) is 11.7 Å². The van der Waals surface area contributed by atoms with Crippen LogP contribution in [0.3, 0.4) is 0 Å². The average Bonchev–Trinajstić information content (AvgIpc) is 3.10. The monoisotopic (exact) mass is 343 g/mol. The third-order valence-electron chi connectivity index (χ3n) is 3.63. The molecule has 8 heteroatoms. The molecule has 3 rings (SSSR count). The topological polar surface area (TPSA) is 85.1 Å². The molecule has 1 atom stereocenters. The third kappa shape index (κ3) is 3.85. The molecule has 1 aliphatic heterocycles. The van der Waals surface area contributed by atoms with Crippen molar-refractivity contribution in [2.75, 3.05) is 19.3 Å². The van der Waals surface area contributed by atoms with Gasteiger partial charge < -0.3 is 9.84 Å². The molecule has 0 saturated carbocycles. The van der Waals surface area contributed by atoms with E-state index in [-0.39, 0.29) is 17.3 Å². The first kappa shape index (κ1) is 16.9. The number of aromatic nitrogens is 2. The second-order valence-corrected chi connectivity index (χ2v) is 7.39. The molecular weight excluding hydrogens is 326 g/mol. The van der Waals surface area contributed by atoms with E-state index in [1.165, 1.54) is 6.26 Å². The number of nitrogens with one attached hydrogen (secondary N) is 1. The van der Waals surface area contributed by atoms with Gasteiger partial charge in [-0.05, 0) is 49.7 Å². The molecule has 1 aliphatic rings. The van der Waals surface area contributed by atoms with Crippen molar-refractivity contribution in [2.24, 2.45) is 5.92 Å². The summed E-state index contributed by atoms with van der Waals surface area (Å²) in [7, 11) is -3.18. The zero-order chi connectivity index (χ0) is 14.9. The number of sulfone groups is 1. The normalized spacial score (nSPS) is 18.1. The Kier molecular flexibility index (Phi) is 5.20. The molecule has 0 spiro atoms. The first-order valence-electron chi connectivity index (χ1n) is 6.86. The van der Waals surface area contributed by atoms with E-state index in [0.29, 0.717) is 17.6 Å². The summed E-state index contributed by atoms with van der Waals surface area (Å²) >= 11 is 0. The molecule has 120 valence electrons. The van der Waals surface area contributed by atoms with Crippen molar-refractivity contribution in [3.63, 3.8) is 0 Å². The first-order valence-corrected chi connectivity index (χ1v) is 8.75. The van der Waals surface area contributed by atoms with Crippen LogP contribution in [0.5, 0.6) is 0 Å². The lowest BCUT2D eigenvalue weighted by atomic mass is 10.1. The molecule has 1 saturated heterocycles. The minimum Gasteiger partial charge on any atom is -0.339 e. The van der Waals surface area contributed by atoms with E-state index in [2.05, 4.69) is 15.5 Å². The van der Waals surface area contributed by atoms with Crippen LogP contribution in [0.25, 0.3) is 11.4 Å². The summed E-state index contributed by atoms with van der Waals surface area (Å²) in [6.07, 6.45) is 3.09. The van der Waals surface area contributed by atoms with Crippen LogP contribution < -0.4 is 5.32 Å². The van der Waals surface area contributed by atoms with E-state index in [0.717, 1.165) is 31.5 Å². The molecule has 1 aromatic heterocycles. The van der Waals surface area contributed by atoms with Crippen LogP contribution in [-0.2, 0) is 16.3 Å². The summed E-state index contributed by atoms with van der Waals surface area (Å²) < 4.78 is 28.1. The Labute approximate surface area is 135 Å². The fraction of sp³-hybridized carbons (Fsp3) is 0.429. The maximum atomic E-state index is 11.4. The molecule has 1 N–H and O–H groups in total. The van der Waals surface area contributed by atoms with E-state index < -0.39 is 9.84 Å². The molecule has 6 nitrogen and oxygen atoms in total. The molecule has 0 bridgehead atoms. The Morgan fingerprint density at radius 3 is 2.64 bits per heavy atom. The van der Waals surface area contributed by atoms with Gasteiger partial charge in [0.05, 0.1) is 4.90 Å². The summed E-state index contributed by atoms with van der Waals surface area (Å²) in [5.41, 5.74) is 0.752. The van der Waals surface area contributed by atoms with Crippen molar-refractivity contribution in [1.82, 2.24) is 15.5 Å². The van der Waals surface area contributed by atoms with Crippen molar-refractivity contribution < 1.29 is 12.9 Å². The highest BCUT2D eigenvalue weighted by Crippen LogP contribution is 2.20. The fourth-order valence-electron chi connectivity index (χ4n) is 2.44. The number of hydrogen-bond acceptors (Lipinski definition) is 6. The zero-order valence-corrected chi connectivity index (χ0v) is 13.8. The molecular formula is C14H18ClN3O3S. The van der Waals surface area contributed by atoms with Gasteiger partial charge in [0, 0.05) is 18.2 Å². The SMILES string of the molecule is CS(=O)(=O)c1ccc(-c2noc(CC3CCNC3)n2)cc1.Cl. The van der Waals surface area contributed by atoms with E-state index in [1.54, 1.807) is 24.3 Å². The quantitative estimate of drug-likeness (QED) is 0.909. The fourth-order valence-corrected chi connectivity index (χ4v) is 3.07. The van der Waals surface area contributed by atoms with Gasteiger partial charge in [-0.25, -0.2) is 8.42 Å². The van der Waals surface area contributed by atoms with Crippen molar-refractivity contribution >= 4 is 22.2 Å². The highest BCUT2D eigenvalue weighted by Gasteiger charge is 2.19. The molecule has 2 heterocycles. The standard InChI is InChI=1S/C14H17N3O3S.ClH/c1-21(18,19)12-4-2-11(3-5-12)14-16-13(20-17-14)8-10-6-7-15-9-10;/h2-5,10,15H,6-9H2,1H3;1H. The third-order valence-corrected chi connectivity index (χ3v) is 4.76. The molecule has 0 aliphatic carbocycles. The maximum absolute atomic E-state index is 11.4. The van der Waals surface area contributed by atoms with Gasteiger partial charge in [0.15, 0.2) is 9.84 Å². The molecule has 0 amide bonds. The van der Waals surface area contributed by atoms with Crippen molar-refractivity contribution in [3.05, 3.63) is 30.2 Å². The van der Waals surface area contributed by atoms with Gasteiger partial charge >= 0.3 is 0 Å². The predicted octanol–water partition coefficient (Wildman–Crippen LogP) is 1.71. The average molecular weight is 344 g/mol. The second-order valence-electron chi connectivity index (χ2n) is 5.37. The molecule has 22 heavy (non-hydrogen) atoms.